The molecule has 1 aromatic carbocycles. The largest absolute Gasteiger partial charge is 0.351 e. The Morgan fingerprint density at radius 3 is 2.41 bits per heavy atom. The lowest BCUT2D eigenvalue weighted by molar-refractivity contribution is -0.122. The molecule has 0 aliphatic carbocycles. The fourth-order valence-electron chi connectivity index (χ4n) is 1.81. The lowest BCUT2D eigenvalue weighted by Gasteiger charge is -2.18. The van der Waals surface area contributed by atoms with Crippen molar-refractivity contribution in [2.75, 3.05) is 6.54 Å². The lowest BCUT2D eigenvalue weighted by atomic mass is 10.1. The van der Waals surface area contributed by atoms with Gasteiger partial charge in [-0.3, -0.25) is 4.79 Å². The zero-order valence-corrected chi connectivity index (χ0v) is 13.7. The number of benzene rings is 1. The van der Waals surface area contributed by atoms with Gasteiger partial charge in [0, 0.05) is 6.54 Å². The van der Waals surface area contributed by atoms with Crippen molar-refractivity contribution in [1.29, 1.82) is 0 Å². The van der Waals surface area contributed by atoms with Crippen molar-refractivity contribution in [1.82, 2.24) is 10.0 Å². The number of sulfonamides is 1. The number of hydrogen-bond acceptors (Lipinski definition) is 3. The van der Waals surface area contributed by atoms with Gasteiger partial charge in [0.2, 0.25) is 15.9 Å². The third-order valence-electron chi connectivity index (χ3n) is 2.92. The standard InChI is InChI=1S/C16H22N2O3S/c1-5-10-17-16(19)15(11-12(2)3)18-22(20,21)14-8-6-13(4)7-9-14/h5-9,15,18H,1-2,10-11H2,3-4H3,(H,17,19). The quantitative estimate of drug-likeness (QED) is 0.718. The summed E-state index contributed by atoms with van der Waals surface area (Å²) in [5.74, 6) is -0.404. The molecule has 1 atom stereocenters. The molecule has 1 unspecified atom stereocenters. The average Bonchev–Trinajstić information content (AvgIpc) is 2.43. The fourth-order valence-corrected chi connectivity index (χ4v) is 3.00. The summed E-state index contributed by atoms with van der Waals surface area (Å²) in [5.41, 5.74) is 1.67. The third kappa shape index (κ3) is 5.46. The summed E-state index contributed by atoms with van der Waals surface area (Å²) >= 11 is 0. The molecule has 1 rings (SSSR count). The Balaban J connectivity index is 2.96. The van der Waals surface area contributed by atoms with Gasteiger partial charge in [-0.05, 0) is 32.4 Å². The molecule has 0 aromatic heterocycles. The minimum Gasteiger partial charge on any atom is -0.351 e. The van der Waals surface area contributed by atoms with E-state index in [1.54, 1.807) is 19.1 Å². The van der Waals surface area contributed by atoms with Crippen LogP contribution in [0.5, 0.6) is 0 Å². The Morgan fingerprint density at radius 2 is 1.91 bits per heavy atom. The third-order valence-corrected chi connectivity index (χ3v) is 4.41. The molecule has 5 nitrogen and oxygen atoms in total. The van der Waals surface area contributed by atoms with E-state index in [0.717, 1.165) is 5.56 Å². The zero-order valence-electron chi connectivity index (χ0n) is 12.9. The summed E-state index contributed by atoms with van der Waals surface area (Å²) < 4.78 is 27.2. The Hall–Kier alpha value is -1.92. The number of aryl methyl sites for hydroxylation is 1. The summed E-state index contributed by atoms with van der Waals surface area (Å²) in [6.45, 7) is 11.1. The van der Waals surface area contributed by atoms with E-state index in [2.05, 4.69) is 23.2 Å². The normalized spacial score (nSPS) is 12.5. The number of nitrogens with one attached hydrogen (secondary N) is 2. The van der Waals surface area contributed by atoms with Gasteiger partial charge >= 0.3 is 0 Å². The summed E-state index contributed by atoms with van der Waals surface area (Å²) in [4.78, 5) is 12.2. The molecular formula is C16H22N2O3S. The van der Waals surface area contributed by atoms with Crippen molar-refractivity contribution in [3.8, 4) is 0 Å². The molecule has 120 valence electrons. The Bertz CT molecular complexity index is 648. The molecule has 0 spiro atoms. The molecule has 1 amide bonds. The lowest BCUT2D eigenvalue weighted by Crippen LogP contribution is -2.46. The molecule has 22 heavy (non-hydrogen) atoms. The Morgan fingerprint density at radius 1 is 1.32 bits per heavy atom. The molecule has 0 heterocycles. The second-order valence-electron chi connectivity index (χ2n) is 5.18. The van der Waals surface area contributed by atoms with Crippen LogP contribution in [-0.4, -0.2) is 26.9 Å². The SMILES string of the molecule is C=CCNC(=O)C(CC(=C)C)NS(=O)(=O)c1ccc(C)cc1. The number of rotatable bonds is 8. The maximum Gasteiger partial charge on any atom is 0.241 e. The van der Waals surface area contributed by atoms with Gasteiger partial charge < -0.3 is 5.32 Å². The summed E-state index contributed by atoms with van der Waals surface area (Å²) in [5, 5.41) is 2.60. The van der Waals surface area contributed by atoms with Crippen molar-refractivity contribution < 1.29 is 13.2 Å². The van der Waals surface area contributed by atoms with Crippen LogP contribution < -0.4 is 10.0 Å². The van der Waals surface area contributed by atoms with Crippen LogP contribution in [0.2, 0.25) is 0 Å². The van der Waals surface area contributed by atoms with E-state index in [1.165, 1.54) is 18.2 Å². The molecule has 6 heteroatoms. The first-order valence-electron chi connectivity index (χ1n) is 6.88. The van der Waals surface area contributed by atoms with Gasteiger partial charge in [0.15, 0.2) is 0 Å². The van der Waals surface area contributed by atoms with E-state index in [9.17, 15) is 13.2 Å². The molecule has 0 aliphatic heterocycles. The van der Waals surface area contributed by atoms with E-state index >= 15 is 0 Å². The number of hydrogen-bond donors (Lipinski definition) is 2. The van der Waals surface area contributed by atoms with Gasteiger partial charge in [-0.25, -0.2) is 8.42 Å². The zero-order chi connectivity index (χ0) is 16.8. The first-order chi connectivity index (χ1) is 10.3. The second kappa shape index (κ2) is 7.91. The molecule has 0 aliphatic rings. The van der Waals surface area contributed by atoms with Crippen LogP contribution in [0.15, 0.2) is 54.0 Å². The van der Waals surface area contributed by atoms with E-state index in [0.29, 0.717) is 5.57 Å². The highest BCUT2D eigenvalue weighted by atomic mass is 32.2. The van der Waals surface area contributed by atoms with Crippen molar-refractivity contribution in [3.05, 3.63) is 54.6 Å². The highest BCUT2D eigenvalue weighted by molar-refractivity contribution is 7.89. The van der Waals surface area contributed by atoms with E-state index in [1.807, 2.05) is 6.92 Å². The van der Waals surface area contributed by atoms with Gasteiger partial charge in [-0.1, -0.05) is 29.3 Å². The molecule has 0 saturated heterocycles. The van der Waals surface area contributed by atoms with Crippen molar-refractivity contribution >= 4 is 15.9 Å². The molecule has 2 N–H and O–H groups in total. The van der Waals surface area contributed by atoms with Crippen LogP contribution in [0.1, 0.15) is 18.9 Å². The van der Waals surface area contributed by atoms with Gasteiger partial charge in [0.25, 0.3) is 0 Å². The van der Waals surface area contributed by atoms with Crippen LogP contribution in [0, 0.1) is 6.92 Å². The molecule has 0 bridgehead atoms. The minimum atomic E-state index is -3.77. The topological polar surface area (TPSA) is 75.3 Å². The van der Waals surface area contributed by atoms with Crippen LogP contribution in [0.25, 0.3) is 0 Å². The number of carbonyl (C=O) groups excluding carboxylic acids is 1. The predicted molar refractivity (Wildman–Crippen MR) is 87.9 cm³/mol. The number of amides is 1. The maximum atomic E-state index is 12.4. The summed E-state index contributed by atoms with van der Waals surface area (Å²) in [7, 11) is -3.77. The minimum absolute atomic E-state index is 0.126. The molecule has 1 aromatic rings. The average molecular weight is 322 g/mol. The fraction of sp³-hybridized carbons (Fsp3) is 0.312. The van der Waals surface area contributed by atoms with E-state index in [-0.39, 0.29) is 17.9 Å². The smallest absolute Gasteiger partial charge is 0.241 e. The van der Waals surface area contributed by atoms with Gasteiger partial charge in [0.1, 0.15) is 6.04 Å². The first-order valence-corrected chi connectivity index (χ1v) is 8.36. The second-order valence-corrected chi connectivity index (χ2v) is 6.90. The summed E-state index contributed by atoms with van der Waals surface area (Å²) in [6, 6.07) is 5.54. The molecule has 0 saturated carbocycles. The predicted octanol–water partition coefficient (Wildman–Crippen LogP) is 1.91. The van der Waals surface area contributed by atoms with E-state index in [4.69, 9.17) is 0 Å². The molecular weight excluding hydrogens is 300 g/mol. The van der Waals surface area contributed by atoms with Crippen molar-refractivity contribution in [2.45, 2.75) is 31.2 Å². The Kier molecular flexibility index (Phi) is 6.52. The highest BCUT2D eigenvalue weighted by Gasteiger charge is 2.25. The van der Waals surface area contributed by atoms with Crippen LogP contribution in [0.3, 0.4) is 0 Å². The summed E-state index contributed by atoms with van der Waals surface area (Å²) in [6.07, 6.45) is 1.76. The molecule has 0 fully saturated rings. The van der Waals surface area contributed by atoms with Crippen LogP contribution >= 0.6 is 0 Å². The number of carbonyl (C=O) groups is 1. The Labute approximate surface area is 132 Å². The van der Waals surface area contributed by atoms with E-state index < -0.39 is 22.0 Å². The van der Waals surface area contributed by atoms with Crippen LogP contribution in [-0.2, 0) is 14.8 Å². The first kappa shape index (κ1) is 18.1. The van der Waals surface area contributed by atoms with Crippen LogP contribution in [0.4, 0.5) is 0 Å². The molecule has 0 radical (unpaired) electrons. The van der Waals surface area contributed by atoms with Gasteiger partial charge in [-0.15, -0.1) is 13.2 Å². The maximum absolute atomic E-state index is 12.4. The van der Waals surface area contributed by atoms with Crippen molar-refractivity contribution in [3.63, 3.8) is 0 Å². The highest BCUT2D eigenvalue weighted by Crippen LogP contribution is 2.12. The van der Waals surface area contributed by atoms with Gasteiger partial charge in [0.05, 0.1) is 4.90 Å². The van der Waals surface area contributed by atoms with Gasteiger partial charge in [-0.2, -0.15) is 4.72 Å². The monoisotopic (exact) mass is 322 g/mol. The van der Waals surface area contributed by atoms with Crippen molar-refractivity contribution in [2.24, 2.45) is 0 Å².